The smallest absolute Gasteiger partial charge is 0.133 e. The van der Waals surface area contributed by atoms with Gasteiger partial charge in [-0.15, -0.1) is 0 Å². The zero-order valence-corrected chi connectivity index (χ0v) is 13.7. The Labute approximate surface area is 125 Å². The summed E-state index contributed by atoms with van der Waals surface area (Å²) in [5, 5.41) is 3.72. The fourth-order valence-corrected chi connectivity index (χ4v) is 3.53. The lowest BCUT2D eigenvalue weighted by Gasteiger charge is -2.34. The Hall–Kier alpha value is -0.540. The molecule has 0 bridgehead atoms. The van der Waals surface area contributed by atoms with Crippen LogP contribution in [0.1, 0.15) is 38.7 Å². The molecule has 0 aromatic heterocycles. The van der Waals surface area contributed by atoms with Crippen LogP contribution in [-0.2, 0) is 6.54 Å². The van der Waals surface area contributed by atoms with E-state index in [1.807, 2.05) is 6.07 Å². The molecule has 1 N–H and O–H groups in total. The van der Waals surface area contributed by atoms with Gasteiger partial charge in [-0.1, -0.05) is 32.8 Å². The van der Waals surface area contributed by atoms with Gasteiger partial charge in [0.1, 0.15) is 5.75 Å². The van der Waals surface area contributed by atoms with E-state index in [4.69, 9.17) is 4.74 Å². The van der Waals surface area contributed by atoms with Gasteiger partial charge in [0.15, 0.2) is 0 Å². The van der Waals surface area contributed by atoms with E-state index < -0.39 is 0 Å². The van der Waals surface area contributed by atoms with Crippen molar-refractivity contribution in [3.05, 3.63) is 28.2 Å². The molecule has 0 amide bonds. The molecule has 2 rings (SSSR count). The fourth-order valence-electron chi connectivity index (χ4n) is 2.94. The maximum Gasteiger partial charge on any atom is 0.133 e. The number of rotatable bonds is 4. The van der Waals surface area contributed by atoms with Gasteiger partial charge in [-0.25, -0.2) is 0 Å². The summed E-state index contributed by atoms with van der Waals surface area (Å²) in [7, 11) is 1.70. The molecule has 0 saturated heterocycles. The lowest BCUT2D eigenvalue weighted by Crippen LogP contribution is -2.40. The number of nitrogens with one attached hydrogen (secondary N) is 1. The van der Waals surface area contributed by atoms with Crippen LogP contribution in [0.5, 0.6) is 5.75 Å². The Bertz CT molecular complexity index is 421. The molecule has 1 aliphatic rings. The molecule has 3 heteroatoms. The van der Waals surface area contributed by atoms with E-state index in [-0.39, 0.29) is 0 Å². The van der Waals surface area contributed by atoms with E-state index in [1.54, 1.807) is 7.11 Å². The predicted octanol–water partition coefficient (Wildman–Crippen LogP) is 4.37. The standard InChI is InChI=1S/C16H24BrNO/c1-11-5-4-6-15(12(11)2)18-10-13-7-8-16(19-3)14(17)9-13/h7-9,11-12,15,18H,4-6,10H2,1-3H3. The quantitative estimate of drug-likeness (QED) is 0.887. The summed E-state index contributed by atoms with van der Waals surface area (Å²) >= 11 is 3.54. The molecule has 1 saturated carbocycles. The molecule has 106 valence electrons. The van der Waals surface area contributed by atoms with Crippen molar-refractivity contribution in [2.24, 2.45) is 11.8 Å². The summed E-state index contributed by atoms with van der Waals surface area (Å²) in [6.45, 7) is 5.69. The topological polar surface area (TPSA) is 21.3 Å². The van der Waals surface area contributed by atoms with Crippen LogP contribution in [-0.4, -0.2) is 13.2 Å². The minimum absolute atomic E-state index is 0.657. The van der Waals surface area contributed by atoms with Gasteiger partial charge in [-0.3, -0.25) is 0 Å². The SMILES string of the molecule is COc1ccc(CNC2CCCC(C)C2C)cc1Br. The van der Waals surface area contributed by atoms with Crippen molar-refractivity contribution in [3.63, 3.8) is 0 Å². The molecule has 1 aromatic carbocycles. The van der Waals surface area contributed by atoms with Crippen molar-refractivity contribution in [3.8, 4) is 5.75 Å². The van der Waals surface area contributed by atoms with Crippen molar-refractivity contribution >= 4 is 15.9 Å². The zero-order chi connectivity index (χ0) is 13.8. The first-order valence-corrected chi connectivity index (χ1v) is 7.97. The summed E-state index contributed by atoms with van der Waals surface area (Å²) in [6, 6.07) is 6.95. The summed E-state index contributed by atoms with van der Waals surface area (Å²) < 4.78 is 6.29. The van der Waals surface area contributed by atoms with Crippen LogP contribution >= 0.6 is 15.9 Å². The highest BCUT2D eigenvalue weighted by Gasteiger charge is 2.26. The number of hydrogen-bond acceptors (Lipinski definition) is 2. The molecule has 3 atom stereocenters. The fraction of sp³-hybridized carbons (Fsp3) is 0.625. The first-order valence-electron chi connectivity index (χ1n) is 7.17. The summed E-state index contributed by atoms with van der Waals surface area (Å²) in [4.78, 5) is 0. The minimum Gasteiger partial charge on any atom is -0.496 e. The minimum atomic E-state index is 0.657. The summed E-state index contributed by atoms with van der Waals surface area (Å²) in [6.07, 6.45) is 4.05. The maximum absolute atomic E-state index is 5.26. The highest BCUT2D eigenvalue weighted by molar-refractivity contribution is 9.10. The normalized spacial score (nSPS) is 27.3. The van der Waals surface area contributed by atoms with Crippen LogP contribution in [0.4, 0.5) is 0 Å². The van der Waals surface area contributed by atoms with E-state index in [2.05, 4.69) is 47.2 Å². The first-order chi connectivity index (χ1) is 9.11. The Morgan fingerprint density at radius 1 is 1.32 bits per heavy atom. The molecule has 0 spiro atoms. The maximum atomic E-state index is 5.26. The zero-order valence-electron chi connectivity index (χ0n) is 12.1. The number of halogens is 1. The monoisotopic (exact) mass is 325 g/mol. The van der Waals surface area contributed by atoms with Gasteiger partial charge in [0.2, 0.25) is 0 Å². The predicted molar refractivity (Wildman–Crippen MR) is 83.5 cm³/mol. The van der Waals surface area contributed by atoms with Crippen LogP contribution < -0.4 is 10.1 Å². The highest BCUT2D eigenvalue weighted by Crippen LogP contribution is 2.30. The third-order valence-electron chi connectivity index (χ3n) is 4.49. The van der Waals surface area contributed by atoms with Gasteiger partial charge in [0.05, 0.1) is 11.6 Å². The van der Waals surface area contributed by atoms with Gasteiger partial charge in [-0.05, 0) is 51.9 Å². The molecule has 0 aliphatic heterocycles. The van der Waals surface area contributed by atoms with Crippen molar-refractivity contribution in [1.29, 1.82) is 0 Å². The molecule has 1 fully saturated rings. The molecule has 1 aliphatic carbocycles. The van der Waals surface area contributed by atoms with Gasteiger partial charge in [-0.2, -0.15) is 0 Å². The molecule has 0 heterocycles. The van der Waals surface area contributed by atoms with Gasteiger partial charge < -0.3 is 10.1 Å². The van der Waals surface area contributed by atoms with Gasteiger partial charge >= 0.3 is 0 Å². The van der Waals surface area contributed by atoms with E-state index in [0.29, 0.717) is 6.04 Å². The molecule has 0 radical (unpaired) electrons. The van der Waals surface area contributed by atoms with E-state index >= 15 is 0 Å². The van der Waals surface area contributed by atoms with Gasteiger partial charge in [0, 0.05) is 12.6 Å². The Morgan fingerprint density at radius 3 is 2.79 bits per heavy atom. The molecular weight excluding hydrogens is 302 g/mol. The second kappa shape index (κ2) is 6.76. The third-order valence-corrected chi connectivity index (χ3v) is 5.11. The van der Waals surface area contributed by atoms with E-state index in [0.717, 1.165) is 28.6 Å². The largest absolute Gasteiger partial charge is 0.496 e. The molecule has 2 nitrogen and oxygen atoms in total. The highest BCUT2D eigenvalue weighted by atomic mass is 79.9. The number of benzene rings is 1. The van der Waals surface area contributed by atoms with Crippen molar-refractivity contribution < 1.29 is 4.74 Å². The molecule has 19 heavy (non-hydrogen) atoms. The number of hydrogen-bond donors (Lipinski definition) is 1. The molecule has 1 aromatic rings. The van der Waals surface area contributed by atoms with Crippen LogP contribution in [0.25, 0.3) is 0 Å². The van der Waals surface area contributed by atoms with Crippen LogP contribution in [0, 0.1) is 11.8 Å². The lowest BCUT2D eigenvalue weighted by atomic mass is 9.78. The van der Waals surface area contributed by atoms with Crippen LogP contribution in [0.3, 0.4) is 0 Å². The first kappa shape index (κ1) is 14.9. The third kappa shape index (κ3) is 3.73. The Kier molecular flexibility index (Phi) is 5.28. The van der Waals surface area contributed by atoms with Gasteiger partial charge in [0.25, 0.3) is 0 Å². The lowest BCUT2D eigenvalue weighted by molar-refractivity contribution is 0.206. The number of methoxy groups -OCH3 is 1. The van der Waals surface area contributed by atoms with Crippen molar-refractivity contribution in [2.75, 3.05) is 7.11 Å². The molecule has 3 unspecified atom stereocenters. The summed E-state index contributed by atoms with van der Waals surface area (Å²) in [5.41, 5.74) is 1.30. The average molecular weight is 326 g/mol. The van der Waals surface area contributed by atoms with E-state index in [1.165, 1.54) is 24.8 Å². The van der Waals surface area contributed by atoms with Crippen molar-refractivity contribution in [2.45, 2.75) is 45.7 Å². The Balaban J connectivity index is 1.93. The van der Waals surface area contributed by atoms with Crippen LogP contribution in [0.15, 0.2) is 22.7 Å². The average Bonchev–Trinajstić information content (AvgIpc) is 2.40. The molecular formula is C16H24BrNO. The number of ether oxygens (including phenoxy) is 1. The van der Waals surface area contributed by atoms with Crippen molar-refractivity contribution in [1.82, 2.24) is 5.32 Å². The Morgan fingerprint density at radius 2 is 2.11 bits per heavy atom. The summed E-state index contributed by atoms with van der Waals surface area (Å²) in [5.74, 6) is 2.51. The second-order valence-corrected chi connectivity index (χ2v) is 6.58. The second-order valence-electron chi connectivity index (χ2n) is 5.72. The van der Waals surface area contributed by atoms with Crippen LogP contribution in [0.2, 0.25) is 0 Å². The van der Waals surface area contributed by atoms with E-state index in [9.17, 15) is 0 Å².